The highest BCUT2D eigenvalue weighted by Gasteiger charge is 2.05. The largest absolute Gasteiger partial charge is 0.381 e. The minimum Gasteiger partial charge on any atom is -0.381 e. The first-order valence-electron chi connectivity index (χ1n) is 9.58. The SMILES string of the molecule is CCCCOCCCNC(=NCc1ccc(F)c(CN(C)C)c1)NCC.I. The quantitative estimate of drug-likeness (QED) is 0.201. The van der Waals surface area contributed by atoms with Gasteiger partial charge in [-0.2, -0.15) is 0 Å². The van der Waals surface area contributed by atoms with Crippen LogP contribution in [0.5, 0.6) is 0 Å². The lowest BCUT2D eigenvalue weighted by atomic mass is 10.1. The van der Waals surface area contributed by atoms with Crippen LogP contribution in [0.25, 0.3) is 0 Å². The van der Waals surface area contributed by atoms with Crippen LogP contribution in [0.1, 0.15) is 44.2 Å². The number of hydrogen-bond donors (Lipinski definition) is 2. The average Bonchev–Trinajstić information content (AvgIpc) is 2.60. The highest BCUT2D eigenvalue weighted by molar-refractivity contribution is 14.0. The van der Waals surface area contributed by atoms with Crippen LogP contribution in [0.4, 0.5) is 4.39 Å². The molecule has 156 valence electrons. The molecule has 0 atom stereocenters. The van der Waals surface area contributed by atoms with E-state index in [1.807, 2.05) is 32.0 Å². The molecule has 0 aliphatic heterocycles. The van der Waals surface area contributed by atoms with E-state index in [2.05, 4.69) is 22.5 Å². The Bertz CT molecular complexity index is 541. The number of unbranched alkanes of at least 4 members (excludes halogenated alkanes) is 1. The van der Waals surface area contributed by atoms with Gasteiger partial charge in [0.25, 0.3) is 0 Å². The Kier molecular flexibility index (Phi) is 15.5. The summed E-state index contributed by atoms with van der Waals surface area (Å²) < 4.78 is 19.4. The predicted molar refractivity (Wildman–Crippen MR) is 122 cm³/mol. The molecule has 1 aromatic rings. The molecule has 1 aromatic carbocycles. The fourth-order valence-electron chi connectivity index (χ4n) is 2.43. The molecule has 0 spiro atoms. The molecular formula is C20H36FIN4O. The molecule has 0 amide bonds. The molecule has 0 aromatic heterocycles. The number of guanidine groups is 1. The van der Waals surface area contributed by atoms with E-state index in [4.69, 9.17) is 4.74 Å². The molecule has 0 unspecified atom stereocenters. The lowest BCUT2D eigenvalue weighted by Crippen LogP contribution is -2.38. The second kappa shape index (κ2) is 16.1. The van der Waals surface area contributed by atoms with Crippen molar-refractivity contribution in [3.8, 4) is 0 Å². The Labute approximate surface area is 181 Å². The zero-order chi connectivity index (χ0) is 19.2. The number of rotatable bonds is 12. The monoisotopic (exact) mass is 494 g/mol. The van der Waals surface area contributed by atoms with Crippen molar-refractivity contribution >= 4 is 29.9 Å². The van der Waals surface area contributed by atoms with Crippen LogP contribution in [-0.2, 0) is 17.8 Å². The van der Waals surface area contributed by atoms with Crippen molar-refractivity contribution in [2.75, 3.05) is 40.4 Å². The summed E-state index contributed by atoms with van der Waals surface area (Å²) >= 11 is 0. The van der Waals surface area contributed by atoms with Crippen LogP contribution in [0.2, 0.25) is 0 Å². The van der Waals surface area contributed by atoms with Crippen molar-refractivity contribution in [2.45, 2.75) is 46.2 Å². The van der Waals surface area contributed by atoms with Crippen LogP contribution in [0.3, 0.4) is 0 Å². The second-order valence-electron chi connectivity index (χ2n) is 6.60. The van der Waals surface area contributed by atoms with Gasteiger partial charge >= 0.3 is 0 Å². The molecular weight excluding hydrogens is 458 g/mol. The third-order valence-corrected chi connectivity index (χ3v) is 3.76. The lowest BCUT2D eigenvalue weighted by molar-refractivity contribution is 0.129. The smallest absolute Gasteiger partial charge is 0.191 e. The molecule has 0 bridgehead atoms. The summed E-state index contributed by atoms with van der Waals surface area (Å²) in [5.74, 6) is 0.610. The first-order valence-corrected chi connectivity index (χ1v) is 9.58. The molecule has 0 saturated heterocycles. The van der Waals surface area contributed by atoms with E-state index in [9.17, 15) is 4.39 Å². The summed E-state index contributed by atoms with van der Waals surface area (Å²) in [6.45, 7) is 8.51. The van der Waals surface area contributed by atoms with Gasteiger partial charge in [0.1, 0.15) is 5.82 Å². The van der Waals surface area contributed by atoms with E-state index in [0.29, 0.717) is 18.7 Å². The number of nitrogens with one attached hydrogen (secondary N) is 2. The molecule has 27 heavy (non-hydrogen) atoms. The normalized spacial score (nSPS) is 11.4. The minimum atomic E-state index is -0.167. The van der Waals surface area contributed by atoms with E-state index in [-0.39, 0.29) is 29.8 Å². The Morgan fingerprint density at radius 3 is 2.56 bits per heavy atom. The maximum Gasteiger partial charge on any atom is 0.191 e. The van der Waals surface area contributed by atoms with E-state index in [1.165, 1.54) is 6.07 Å². The van der Waals surface area contributed by atoms with Crippen LogP contribution in [0, 0.1) is 5.82 Å². The molecule has 0 aliphatic carbocycles. The maximum absolute atomic E-state index is 13.9. The van der Waals surface area contributed by atoms with Gasteiger partial charge in [0.2, 0.25) is 0 Å². The van der Waals surface area contributed by atoms with E-state index >= 15 is 0 Å². The van der Waals surface area contributed by atoms with Crippen LogP contribution in [-0.4, -0.2) is 51.3 Å². The van der Waals surface area contributed by atoms with Gasteiger partial charge in [0.15, 0.2) is 5.96 Å². The Hall–Kier alpha value is -0.930. The zero-order valence-electron chi connectivity index (χ0n) is 17.2. The summed E-state index contributed by atoms with van der Waals surface area (Å²) in [4.78, 5) is 6.56. The number of halogens is 2. The number of benzene rings is 1. The van der Waals surface area contributed by atoms with Crippen LogP contribution in [0.15, 0.2) is 23.2 Å². The lowest BCUT2D eigenvalue weighted by Gasteiger charge is -2.13. The third-order valence-electron chi connectivity index (χ3n) is 3.76. The number of nitrogens with zero attached hydrogens (tertiary/aromatic N) is 2. The third kappa shape index (κ3) is 12.2. The van der Waals surface area contributed by atoms with Crippen molar-refractivity contribution in [1.29, 1.82) is 0 Å². The number of aliphatic imine (C=N–C) groups is 1. The fourth-order valence-corrected chi connectivity index (χ4v) is 2.43. The molecule has 0 aliphatic rings. The molecule has 0 radical (unpaired) electrons. The molecule has 7 heteroatoms. The molecule has 5 nitrogen and oxygen atoms in total. The van der Waals surface area contributed by atoms with Crippen molar-refractivity contribution in [2.24, 2.45) is 4.99 Å². The molecule has 0 saturated carbocycles. The van der Waals surface area contributed by atoms with E-state index < -0.39 is 0 Å². The topological polar surface area (TPSA) is 48.9 Å². The fraction of sp³-hybridized carbons (Fsp3) is 0.650. The average molecular weight is 494 g/mol. The van der Waals surface area contributed by atoms with Gasteiger partial charge in [-0.25, -0.2) is 9.38 Å². The second-order valence-corrected chi connectivity index (χ2v) is 6.60. The molecule has 2 N–H and O–H groups in total. The van der Waals surface area contributed by atoms with Gasteiger partial charge in [-0.15, -0.1) is 24.0 Å². The summed E-state index contributed by atoms with van der Waals surface area (Å²) in [6, 6.07) is 5.21. The van der Waals surface area contributed by atoms with Crippen LogP contribution < -0.4 is 10.6 Å². The van der Waals surface area contributed by atoms with Crippen molar-refractivity contribution in [3.63, 3.8) is 0 Å². The van der Waals surface area contributed by atoms with Gasteiger partial charge in [-0.1, -0.05) is 19.4 Å². The van der Waals surface area contributed by atoms with Crippen molar-refractivity contribution in [1.82, 2.24) is 15.5 Å². The number of hydrogen-bond acceptors (Lipinski definition) is 3. The first-order chi connectivity index (χ1) is 12.6. The van der Waals surface area contributed by atoms with E-state index in [0.717, 1.165) is 57.1 Å². The van der Waals surface area contributed by atoms with Gasteiger partial charge < -0.3 is 20.3 Å². The summed E-state index contributed by atoms with van der Waals surface area (Å²) in [5, 5.41) is 6.55. The highest BCUT2D eigenvalue weighted by Crippen LogP contribution is 2.13. The Morgan fingerprint density at radius 2 is 1.89 bits per heavy atom. The number of ether oxygens (including phenoxy) is 1. The standard InChI is InChI=1S/C20H35FN4O.HI/c1-5-7-12-26-13-8-11-23-20(22-6-2)24-15-17-9-10-19(21)18(14-17)16-25(3)4;/h9-10,14H,5-8,11-13,15-16H2,1-4H3,(H2,22,23,24);1H. The Balaban J connectivity index is 0.00000676. The first kappa shape index (κ1) is 26.1. The molecule has 0 heterocycles. The molecule has 0 fully saturated rings. The summed E-state index contributed by atoms with van der Waals surface area (Å²) in [7, 11) is 3.87. The highest BCUT2D eigenvalue weighted by atomic mass is 127. The zero-order valence-corrected chi connectivity index (χ0v) is 19.5. The van der Waals surface area contributed by atoms with Gasteiger partial charge in [0, 0.05) is 38.4 Å². The minimum absolute atomic E-state index is 0. The summed E-state index contributed by atoms with van der Waals surface area (Å²) in [6.07, 6.45) is 3.22. The van der Waals surface area contributed by atoms with E-state index in [1.54, 1.807) is 6.07 Å². The summed E-state index contributed by atoms with van der Waals surface area (Å²) in [5.41, 5.74) is 1.70. The van der Waals surface area contributed by atoms with Crippen molar-refractivity contribution in [3.05, 3.63) is 35.1 Å². The molecule has 1 rings (SSSR count). The van der Waals surface area contributed by atoms with Crippen molar-refractivity contribution < 1.29 is 9.13 Å². The van der Waals surface area contributed by atoms with Gasteiger partial charge in [0.05, 0.1) is 6.54 Å². The Morgan fingerprint density at radius 1 is 1.15 bits per heavy atom. The maximum atomic E-state index is 13.9. The van der Waals surface area contributed by atoms with Gasteiger partial charge in [-0.05, 0) is 51.6 Å². The predicted octanol–water partition coefficient (Wildman–Crippen LogP) is 3.77. The van der Waals surface area contributed by atoms with Crippen LogP contribution >= 0.6 is 24.0 Å². The van der Waals surface area contributed by atoms with Gasteiger partial charge in [-0.3, -0.25) is 0 Å².